The van der Waals surface area contributed by atoms with Crippen LogP contribution >= 0.6 is 11.6 Å². The summed E-state index contributed by atoms with van der Waals surface area (Å²) in [5.74, 6) is 0.299. The minimum absolute atomic E-state index is 0.152. The molecule has 0 aliphatic heterocycles. The van der Waals surface area contributed by atoms with E-state index >= 15 is 0 Å². The molecular formula is C17H17ClFN. The zero-order chi connectivity index (χ0) is 14.1. The minimum Gasteiger partial charge on any atom is -0.381 e. The molecule has 0 aromatic heterocycles. The normalized spacial score (nSPS) is 21.4. The van der Waals surface area contributed by atoms with Crippen LogP contribution in [0.4, 0.5) is 10.1 Å². The average Bonchev–Trinajstić information content (AvgIpc) is 2.37. The molecule has 0 atom stereocenters. The van der Waals surface area contributed by atoms with Gasteiger partial charge in [-0.3, -0.25) is 0 Å². The van der Waals surface area contributed by atoms with Gasteiger partial charge in [-0.15, -0.1) is 0 Å². The van der Waals surface area contributed by atoms with Crippen LogP contribution in [-0.4, -0.2) is 6.04 Å². The van der Waals surface area contributed by atoms with Crippen molar-refractivity contribution in [3.05, 3.63) is 64.4 Å². The molecule has 1 saturated carbocycles. The Morgan fingerprint density at radius 2 is 1.95 bits per heavy atom. The van der Waals surface area contributed by atoms with Gasteiger partial charge in [0, 0.05) is 6.04 Å². The van der Waals surface area contributed by atoms with Crippen molar-refractivity contribution in [2.24, 2.45) is 0 Å². The molecule has 0 bridgehead atoms. The highest BCUT2D eigenvalue weighted by Gasteiger charge is 2.30. The first-order valence-electron chi connectivity index (χ1n) is 6.90. The summed E-state index contributed by atoms with van der Waals surface area (Å²) < 4.78 is 13.2. The van der Waals surface area contributed by atoms with Crippen molar-refractivity contribution in [3.8, 4) is 0 Å². The van der Waals surface area contributed by atoms with Crippen molar-refractivity contribution in [1.29, 1.82) is 0 Å². The van der Waals surface area contributed by atoms with Crippen LogP contribution < -0.4 is 5.32 Å². The Morgan fingerprint density at radius 1 is 1.15 bits per heavy atom. The van der Waals surface area contributed by atoms with Crippen LogP contribution in [0.25, 0.3) is 0 Å². The highest BCUT2D eigenvalue weighted by atomic mass is 35.5. The Balaban J connectivity index is 1.62. The molecule has 1 nitrogen and oxygen atoms in total. The van der Waals surface area contributed by atoms with E-state index in [1.807, 2.05) is 18.2 Å². The van der Waals surface area contributed by atoms with E-state index in [4.69, 9.17) is 11.6 Å². The Labute approximate surface area is 123 Å². The molecule has 1 fully saturated rings. The summed E-state index contributed by atoms with van der Waals surface area (Å²) in [7, 11) is 0. The molecule has 3 rings (SSSR count). The summed E-state index contributed by atoms with van der Waals surface area (Å²) in [6, 6.07) is 13.3. The Hall–Kier alpha value is -1.54. The lowest BCUT2D eigenvalue weighted by molar-refractivity contribution is 0.373. The van der Waals surface area contributed by atoms with Gasteiger partial charge in [-0.25, -0.2) is 4.39 Å². The van der Waals surface area contributed by atoms with Crippen LogP contribution in [0.1, 0.15) is 29.9 Å². The first kappa shape index (κ1) is 13.4. The van der Waals surface area contributed by atoms with Crippen molar-refractivity contribution < 1.29 is 4.39 Å². The Morgan fingerprint density at radius 3 is 2.70 bits per heavy atom. The van der Waals surface area contributed by atoms with Gasteiger partial charge in [-0.2, -0.15) is 0 Å². The Bertz CT molecular complexity index is 620. The van der Waals surface area contributed by atoms with Crippen LogP contribution in [0.2, 0.25) is 5.02 Å². The quantitative estimate of drug-likeness (QED) is 0.824. The fourth-order valence-corrected chi connectivity index (χ4v) is 2.91. The number of hydrogen-bond donors (Lipinski definition) is 1. The summed E-state index contributed by atoms with van der Waals surface area (Å²) in [4.78, 5) is 0. The fraction of sp³-hybridized carbons (Fsp3) is 0.294. The summed E-state index contributed by atoms with van der Waals surface area (Å²) in [6.07, 6.45) is 2.04. The molecule has 20 heavy (non-hydrogen) atoms. The molecule has 0 amide bonds. The topological polar surface area (TPSA) is 12.0 Å². The van der Waals surface area contributed by atoms with Gasteiger partial charge in [0.2, 0.25) is 0 Å². The predicted molar refractivity (Wildman–Crippen MR) is 82.0 cm³/mol. The number of anilines is 1. The second-order valence-electron chi connectivity index (χ2n) is 5.55. The average molecular weight is 290 g/mol. The number of hydrogen-bond acceptors (Lipinski definition) is 1. The van der Waals surface area contributed by atoms with E-state index in [1.165, 1.54) is 11.6 Å². The van der Waals surface area contributed by atoms with Crippen molar-refractivity contribution in [2.75, 3.05) is 5.32 Å². The molecule has 0 unspecified atom stereocenters. The van der Waals surface area contributed by atoms with Crippen molar-refractivity contribution in [2.45, 2.75) is 31.7 Å². The molecule has 0 spiro atoms. The van der Waals surface area contributed by atoms with E-state index in [0.717, 1.165) is 29.1 Å². The molecular weight excluding hydrogens is 273 g/mol. The third-order valence-corrected chi connectivity index (χ3v) is 4.27. The molecule has 104 valence electrons. The predicted octanol–water partition coefficient (Wildman–Crippen LogP) is 5.15. The first-order valence-corrected chi connectivity index (χ1v) is 7.28. The van der Waals surface area contributed by atoms with E-state index < -0.39 is 0 Å². The number of rotatable bonds is 3. The molecule has 1 aliphatic carbocycles. The van der Waals surface area contributed by atoms with E-state index in [-0.39, 0.29) is 5.82 Å². The van der Waals surface area contributed by atoms with Gasteiger partial charge in [0.05, 0.1) is 10.7 Å². The van der Waals surface area contributed by atoms with E-state index in [1.54, 1.807) is 12.1 Å². The number of nitrogens with one attached hydrogen (secondary N) is 1. The van der Waals surface area contributed by atoms with Gasteiger partial charge in [-0.1, -0.05) is 29.8 Å². The zero-order valence-corrected chi connectivity index (χ0v) is 12.1. The maximum Gasteiger partial charge on any atom is 0.123 e. The number of halogens is 2. The zero-order valence-electron chi connectivity index (χ0n) is 11.4. The molecule has 2 aromatic carbocycles. The standard InChI is InChI=1S/C17H17ClFN/c1-11-5-6-16(18)17(7-11)20-15-9-13(10-15)12-3-2-4-14(19)8-12/h2-8,13,15,20H,9-10H2,1H3. The van der Waals surface area contributed by atoms with E-state index in [0.29, 0.717) is 12.0 Å². The van der Waals surface area contributed by atoms with Crippen molar-refractivity contribution in [3.63, 3.8) is 0 Å². The van der Waals surface area contributed by atoms with E-state index in [2.05, 4.69) is 18.3 Å². The SMILES string of the molecule is Cc1ccc(Cl)c(NC2CC(c3cccc(F)c3)C2)c1. The van der Waals surface area contributed by atoms with Crippen LogP contribution in [0.5, 0.6) is 0 Å². The van der Waals surface area contributed by atoms with Crippen LogP contribution in [0, 0.1) is 12.7 Å². The lowest BCUT2D eigenvalue weighted by Gasteiger charge is -2.37. The summed E-state index contributed by atoms with van der Waals surface area (Å²) >= 11 is 6.18. The third kappa shape index (κ3) is 2.80. The maximum atomic E-state index is 13.2. The van der Waals surface area contributed by atoms with E-state index in [9.17, 15) is 4.39 Å². The first-order chi connectivity index (χ1) is 9.61. The van der Waals surface area contributed by atoms with Gasteiger partial charge in [0.25, 0.3) is 0 Å². The monoisotopic (exact) mass is 289 g/mol. The Kier molecular flexibility index (Phi) is 3.66. The van der Waals surface area contributed by atoms with Crippen molar-refractivity contribution in [1.82, 2.24) is 0 Å². The maximum absolute atomic E-state index is 13.2. The highest BCUT2D eigenvalue weighted by molar-refractivity contribution is 6.33. The second kappa shape index (κ2) is 5.45. The molecule has 1 aliphatic rings. The van der Waals surface area contributed by atoms with Gasteiger partial charge >= 0.3 is 0 Å². The number of benzene rings is 2. The molecule has 0 saturated heterocycles. The lowest BCUT2D eigenvalue weighted by Crippen LogP contribution is -2.34. The van der Waals surface area contributed by atoms with Crippen molar-refractivity contribution >= 4 is 17.3 Å². The largest absolute Gasteiger partial charge is 0.381 e. The molecule has 0 radical (unpaired) electrons. The van der Waals surface area contributed by atoms with Crippen LogP contribution in [0.3, 0.4) is 0 Å². The second-order valence-corrected chi connectivity index (χ2v) is 5.96. The van der Waals surface area contributed by atoms with Gasteiger partial charge in [0.15, 0.2) is 0 Å². The molecule has 0 heterocycles. The summed E-state index contributed by atoms with van der Waals surface area (Å²) in [5, 5.41) is 4.23. The van der Waals surface area contributed by atoms with Gasteiger partial charge in [-0.05, 0) is 61.1 Å². The molecule has 3 heteroatoms. The smallest absolute Gasteiger partial charge is 0.123 e. The third-order valence-electron chi connectivity index (χ3n) is 3.94. The minimum atomic E-state index is -0.152. The fourth-order valence-electron chi connectivity index (χ4n) is 2.74. The lowest BCUT2D eigenvalue weighted by atomic mass is 9.76. The van der Waals surface area contributed by atoms with Gasteiger partial charge < -0.3 is 5.32 Å². The summed E-state index contributed by atoms with van der Waals surface area (Å²) in [6.45, 7) is 2.05. The molecule has 1 N–H and O–H groups in total. The number of aryl methyl sites for hydroxylation is 1. The van der Waals surface area contributed by atoms with Gasteiger partial charge in [0.1, 0.15) is 5.82 Å². The van der Waals surface area contributed by atoms with Crippen LogP contribution in [0.15, 0.2) is 42.5 Å². The summed E-state index contributed by atoms with van der Waals surface area (Å²) in [5.41, 5.74) is 3.28. The highest BCUT2D eigenvalue weighted by Crippen LogP contribution is 2.39. The van der Waals surface area contributed by atoms with Crippen LogP contribution in [-0.2, 0) is 0 Å². The molecule has 2 aromatic rings.